The third kappa shape index (κ3) is 37.0. The van der Waals surface area contributed by atoms with Gasteiger partial charge in [-0.15, -0.1) is 0 Å². The van der Waals surface area contributed by atoms with Crippen LogP contribution in [0.3, 0.4) is 0 Å². The van der Waals surface area contributed by atoms with Crippen molar-refractivity contribution in [1.82, 2.24) is 94.4 Å². The van der Waals surface area contributed by atoms with E-state index in [2.05, 4.69) is 83.7 Å². The van der Waals surface area contributed by atoms with Crippen molar-refractivity contribution in [2.45, 2.75) is 257 Å². The fourth-order valence-corrected chi connectivity index (χ4v) is 12.4. The lowest BCUT2D eigenvalue weighted by Gasteiger charge is -2.30. The number of nitrogens with one attached hydrogen (secondary N) is 16. The number of hydrogen-bond donors (Lipinski definition) is 24. The lowest BCUT2D eigenvalue weighted by Crippen LogP contribution is -2.62. The molecule has 0 spiro atoms. The molecule has 0 radical (unpaired) electrons. The molecule has 124 heavy (non-hydrogen) atoms. The monoisotopic (exact) mass is 1750 g/mol. The first-order chi connectivity index (χ1) is 58.2. The number of aromatic amines is 2. The summed E-state index contributed by atoms with van der Waals surface area (Å²) in [4.78, 5) is 273. The topological polar surface area (TPSA) is 724 Å². The van der Waals surface area contributed by atoms with Crippen molar-refractivity contribution in [2.24, 2.45) is 47.0 Å². The summed E-state index contributed by atoms with van der Waals surface area (Å²) in [5, 5.41) is 93.6. The van der Waals surface area contributed by atoms with Crippen LogP contribution in [0.25, 0.3) is 0 Å². The Bertz CT molecular complexity index is 4110. The van der Waals surface area contributed by atoms with Crippen LogP contribution >= 0.6 is 0 Å². The van der Waals surface area contributed by atoms with Crippen molar-refractivity contribution in [2.75, 3.05) is 13.2 Å². The maximum absolute atomic E-state index is 14.7. The number of carbonyl (C=O) groups is 19. The van der Waals surface area contributed by atoms with Crippen molar-refractivity contribution in [3.05, 3.63) is 72.3 Å². The Labute approximate surface area is 715 Å². The minimum Gasteiger partial charge on any atom is -0.481 e. The number of H-pyrrole nitrogens is 2. The molecule has 0 aliphatic heterocycles. The van der Waals surface area contributed by atoms with Gasteiger partial charge in [0.15, 0.2) is 0 Å². The van der Waals surface area contributed by atoms with Crippen molar-refractivity contribution in [3.8, 4) is 0 Å². The molecule has 14 amide bonds. The van der Waals surface area contributed by atoms with E-state index in [1.165, 1.54) is 32.6 Å². The van der Waals surface area contributed by atoms with Gasteiger partial charge in [0.1, 0.15) is 84.6 Å². The number of aliphatic carboxylic acids is 5. The van der Waals surface area contributed by atoms with Gasteiger partial charge in [0.2, 0.25) is 82.7 Å². The zero-order chi connectivity index (χ0) is 93.5. The van der Waals surface area contributed by atoms with E-state index >= 15 is 0 Å². The number of aliphatic hydroxyl groups is 1. The number of hydrogen-bond acceptors (Lipinski definition) is 24. The number of benzene rings is 1. The molecule has 16 atom stereocenters. The molecule has 0 unspecified atom stereocenters. The second kappa shape index (κ2) is 52.7. The molecule has 3 rings (SSSR count). The molecule has 2 aromatic heterocycles. The highest BCUT2D eigenvalue weighted by molar-refractivity contribution is 6.02. The van der Waals surface area contributed by atoms with E-state index in [0.29, 0.717) is 24.8 Å². The molecule has 0 saturated heterocycles. The zero-order valence-electron chi connectivity index (χ0n) is 71.4. The first-order valence-electron chi connectivity index (χ1n) is 40.6. The van der Waals surface area contributed by atoms with Crippen molar-refractivity contribution >= 4 is 113 Å². The fraction of sp³-hybridized carbons (Fsp3) is 0.608. The summed E-state index contributed by atoms with van der Waals surface area (Å²) >= 11 is 0. The van der Waals surface area contributed by atoms with Gasteiger partial charge in [-0.3, -0.25) is 86.3 Å². The van der Waals surface area contributed by atoms with Crippen LogP contribution in [0.1, 0.15) is 164 Å². The van der Waals surface area contributed by atoms with E-state index in [0.717, 1.165) is 6.33 Å². The van der Waals surface area contributed by atoms with Gasteiger partial charge in [-0.2, -0.15) is 0 Å². The predicted octanol–water partition coefficient (Wildman–Crippen LogP) is -4.51. The van der Waals surface area contributed by atoms with Crippen molar-refractivity contribution in [3.63, 3.8) is 0 Å². The SMILES string of the molecule is CC[C@H](C)[C@H](NC(=O)[C@@H](N)C(C)C)C(=O)N[C@@H](CC(C)C)C(=O)N[C@H](C(=O)N[C@@H](CC(C)C)C(=O)N[C@@H](Cc1ccccc1)C(=O)N[C@@H](CC(=O)O)C(=O)N[C@@H](CC(=O)O)C(=O)N[C@@H](CC(=O)O)C(=O)N[C@@H](Cc1c[nH]cn1)C(=O)N[C@@H](CO)C(=O)N[C@@H](CC(=O)O)C(=O)N[C@H](C(=O)N[C@@H](Cc1c[nH]cn1)C(=O)N[C@@H](CCCCN)C(=O)O)C(C)C)C(C)C. The van der Waals surface area contributed by atoms with Gasteiger partial charge in [-0.25, -0.2) is 14.8 Å². The van der Waals surface area contributed by atoms with Gasteiger partial charge in [0.05, 0.1) is 62.4 Å². The van der Waals surface area contributed by atoms with Crippen LogP contribution in [-0.2, 0) is 110 Å². The van der Waals surface area contributed by atoms with Crippen LogP contribution < -0.4 is 85.9 Å². The average molecular weight is 1750 g/mol. The Morgan fingerprint density at radius 2 is 0.669 bits per heavy atom. The van der Waals surface area contributed by atoms with E-state index in [1.54, 1.807) is 92.6 Å². The molecule has 3 aromatic rings. The standard InChI is InChI=1S/C79H122N20O25/c1-13-42(12)64(99-75(119)61(81)39(6)7)78(122)94-48(24-38(4)5)72(116)97-62(40(8)9)76(120)93-47(23-37(2)3)65(109)87-49(25-43-19-15-14-16-20-43)66(110)89-53(29-58(103)104)70(114)91-54(30-59(105)106)71(115)90-52(28-57(101)102)69(113)88-50(26-44-32-82-35-84-44)68(112)96-56(34-100)74(118)92-55(31-60(107)108)73(117)98-63(41(10)11)77(121)95-51(27-45-33-83-36-85-45)67(111)86-46(79(123)124)21-17-18-22-80/h14-16,19-20,32-33,35-42,46-56,61-64,100H,13,17-18,21-31,34,80-81H2,1-12H3,(H,82,84)(H,83,85)(H,86,111)(H,87,109)(H,88,113)(H,89,110)(H,90,115)(H,91,114)(H,92,118)(H,93,120)(H,94,122)(H,95,121)(H,96,112)(H,97,116)(H,98,117)(H,99,119)(H,101,102)(H,103,104)(H,105,106)(H,107,108)(H,123,124)/t42-,46-,47-,48-,49-,50-,51-,52-,53-,54-,55-,56-,61-,62-,63-,64-/m0/s1. The van der Waals surface area contributed by atoms with Gasteiger partial charge >= 0.3 is 29.8 Å². The first kappa shape index (κ1) is 106. The number of carboxylic acids is 5. The quantitative estimate of drug-likeness (QED) is 0.0237. The molecule has 26 N–H and O–H groups in total. The number of nitrogens with two attached hydrogens (primary N) is 2. The lowest BCUT2D eigenvalue weighted by molar-refractivity contribution is -0.144. The molecule has 0 aliphatic rings. The largest absolute Gasteiger partial charge is 0.481 e. The maximum Gasteiger partial charge on any atom is 0.326 e. The van der Waals surface area contributed by atoms with Crippen LogP contribution in [0.15, 0.2) is 55.4 Å². The maximum atomic E-state index is 14.7. The number of carboxylic acid groups (broad SMARTS) is 5. The van der Waals surface area contributed by atoms with Gasteiger partial charge in [0.25, 0.3) is 0 Å². The molecular weight excluding hydrogens is 1630 g/mol. The molecule has 1 aromatic carbocycles. The third-order valence-electron chi connectivity index (χ3n) is 19.5. The summed E-state index contributed by atoms with van der Waals surface area (Å²) in [6.07, 6.45) is -0.527. The summed E-state index contributed by atoms with van der Waals surface area (Å²) in [5.74, 6) is -27.5. The van der Waals surface area contributed by atoms with E-state index in [4.69, 9.17) is 11.5 Å². The highest BCUT2D eigenvalue weighted by atomic mass is 16.4. The molecule has 45 nitrogen and oxygen atoms in total. The average Bonchev–Trinajstić information content (AvgIpc) is 0.917. The zero-order valence-corrected chi connectivity index (χ0v) is 71.4. The Morgan fingerprint density at radius 3 is 1.00 bits per heavy atom. The first-order valence-corrected chi connectivity index (χ1v) is 40.6. The predicted molar refractivity (Wildman–Crippen MR) is 439 cm³/mol. The van der Waals surface area contributed by atoms with Crippen LogP contribution in [0.5, 0.6) is 0 Å². The van der Waals surface area contributed by atoms with Gasteiger partial charge < -0.3 is 127 Å². The Kier molecular flexibility index (Phi) is 44.9. The summed E-state index contributed by atoms with van der Waals surface area (Å²) < 4.78 is 0. The molecule has 45 heteroatoms. The van der Waals surface area contributed by atoms with Crippen LogP contribution in [0, 0.1) is 35.5 Å². The normalized spacial score (nSPS) is 15.2. The molecule has 2 heterocycles. The third-order valence-corrected chi connectivity index (χ3v) is 19.5. The second-order valence-electron chi connectivity index (χ2n) is 31.9. The van der Waals surface area contributed by atoms with E-state index in [-0.39, 0.29) is 67.8 Å². The van der Waals surface area contributed by atoms with Crippen LogP contribution in [0.2, 0.25) is 0 Å². The van der Waals surface area contributed by atoms with Crippen LogP contribution in [-0.4, -0.2) is 267 Å². The molecule has 688 valence electrons. The number of amides is 14. The molecule has 0 fully saturated rings. The Hall–Kier alpha value is -12.5. The minimum atomic E-state index is -2.37. The number of unbranched alkanes of at least 4 members (excludes halogenated alkanes) is 1. The molecular formula is C79H122N20O25. The minimum absolute atomic E-state index is 0.0242. The van der Waals surface area contributed by atoms with Crippen LogP contribution in [0.4, 0.5) is 0 Å². The fourth-order valence-electron chi connectivity index (χ4n) is 12.4. The highest BCUT2D eigenvalue weighted by Crippen LogP contribution is 2.18. The van der Waals surface area contributed by atoms with Gasteiger partial charge in [-0.05, 0) is 79.7 Å². The number of carbonyl (C=O) groups excluding carboxylic acids is 14. The van der Waals surface area contributed by atoms with Gasteiger partial charge in [0, 0.05) is 31.7 Å². The summed E-state index contributed by atoms with van der Waals surface area (Å²) in [6.45, 7) is 19.0. The second-order valence-corrected chi connectivity index (χ2v) is 31.9. The number of rotatable bonds is 57. The van der Waals surface area contributed by atoms with E-state index in [1.807, 2.05) is 17.6 Å². The molecule has 0 saturated carbocycles. The number of imidazole rings is 2. The summed E-state index contributed by atoms with van der Waals surface area (Å²) in [5.41, 5.74) is 12.2. The Morgan fingerprint density at radius 1 is 0.363 bits per heavy atom. The highest BCUT2D eigenvalue weighted by Gasteiger charge is 2.41. The number of aliphatic hydroxyl groups excluding tert-OH is 1. The smallest absolute Gasteiger partial charge is 0.326 e. The van der Waals surface area contributed by atoms with E-state index < -0.39 is 260 Å². The summed E-state index contributed by atoms with van der Waals surface area (Å²) in [7, 11) is 0. The molecule has 0 aliphatic carbocycles. The van der Waals surface area contributed by atoms with E-state index in [9.17, 15) is 122 Å². The lowest BCUT2D eigenvalue weighted by atomic mass is 9.95. The number of nitrogens with zero attached hydrogens (tertiary/aromatic N) is 2. The van der Waals surface area contributed by atoms with Crippen molar-refractivity contribution in [1.29, 1.82) is 0 Å². The Balaban J connectivity index is 1.95. The molecule has 0 bridgehead atoms. The number of aromatic nitrogens is 4. The van der Waals surface area contributed by atoms with Gasteiger partial charge in [-0.1, -0.05) is 120 Å². The van der Waals surface area contributed by atoms with Crippen molar-refractivity contribution < 1.29 is 122 Å². The summed E-state index contributed by atoms with van der Waals surface area (Å²) in [6, 6.07) is -17.9.